The van der Waals surface area contributed by atoms with E-state index in [0.717, 1.165) is 24.0 Å². The van der Waals surface area contributed by atoms with E-state index in [1.165, 1.54) is 12.8 Å². The molecule has 0 radical (unpaired) electrons. The van der Waals surface area contributed by atoms with Gasteiger partial charge in [0.2, 0.25) is 0 Å². The molecule has 1 rings (SSSR count). The normalized spacial score (nSPS) is 12.1. The number of likely N-dealkylation sites (N-methyl/N-ethyl adjacent to an activating group) is 1. The van der Waals surface area contributed by atoms with Crippen molar-refractivity contribution in [2.75, 3.05) is 27.7 Å². The van der Waals surface area contributed by atoms with Gasteiger partial charge in [0, 0.05) is 0 Å². The Balaban J connectivity index is 0.00000529. The van der Waals surface area contributed by atoms with Crippen LogP contribution in [0.15, 0.2) is 41.0 Å². The maximum atomic E-state index is 11.8. The topological polar surface area (TPSA) is 41.5 Å². The molecule has 1 amide bonds. The molecular formula is C19H30ClN3O. The number of carbonyl (C=O) groups excluding carboxylic acids is 1. The van der Waals surface area contributed by atoms with Crippen molar-refractivity contribution in [3.05, 3.63) is 41.5 Å². The number of amides is 1. The second-order valence-electron chi connectivity index (χ2n) is 6.83. The van der Waals surface area contributed by atoms with Gasteiger partial charge in [-0.15, -0.1) is 0 Å². The molecule has 134 valence electrons. The van der Waals surface area contributed by atoms with Crippen LogP contribution in [0.2, 0.25) is 0 Å². The molecule has 0 heterocycles. The number of hydrogen-bond donors (Lipinski definition) is 1. The van der Waals surface area contributed by atoms with E-state index in [-0.39, 0.29) is 18.3 Å². The SMILES string of the molecule is CCCCCC(=C/c1ccccc1)/C=N/NC(=O)C[N+](C)(C)C.[Cl-]. The quantitative estimate of drug-likeness (QED) is 0.299. The van der Waals surface area contributed by atoms with Gasteiger partial charge in [-0.05, 0) is 24.0 Å². The first-order valence-corrected chi connectivity index (χ1v) is 8.28. The molecule has 5 heteroatoms. The number of hydrogen-bond acceptors (Lipinski definition) is 2. The van der Waals surface area contributed by atoms with Crippen molar-refractivity contribution in [1.82, 2.24) is 5.43 Å². The average Bonchev–Trinajstić information content (AvgIpc) is 2.46. The molecule has 0 aliphatic heterocycles. The fourth-order valence-corrected chi connectivity index (χ4v) is 2.17. The molecule has 24 heavy (non-hydrogen) atoms. The lowest BCUT2D eigenvalue weighted by Gasteiger charge is -2.22. The summed E-state index contributed by atoms with van der Waals surface area (Å²) in [4.78, 5) is 11.8. The highest BCUT2D eigenvalue weighted by Gasteiger charge is 2.13. The van der Waals surface area contributed by atoms with Gasteiger partial charge in [0.05, 0.1) is 27.4 Å². The summed E-state index contributed by atoms with van der Waals surface area (Å²) in [6.45, 7) is 2.60. The third kappa shape index (κ3) is 11.0. The van der Waals surface area contributed by atoms with E-state index in [2.05, 4.69) is 35.7 Å². The van der Waals surface area contributed by atoms with Crippen LogP contribution in [-0.2, 0) is 4.79 Å². The predicted molar refractivity (Wildman–Crippen MR) is 98.1 cm³/mol. The van der Waals surface area contributed by atoms with Gasteiger partial charge in [-0.3, -0.25) is 4.79 Å². The molecule has 0 fully saturated rings. The van der Waals surface area contributed by atoms with E-state index in [9.17, 15) is 4.79 Å². The summed E-state index contributed by atoms with van der Waals surface area (Å²) < 4.78 is 0.588. The monoisotopic (exact) mass is 351 g/mol. The molecule has 4 nitrogen and oxygen atoms in total. The Kier molecular flexibility index (Phi) is 11.0. The number of rotatable bonds is 9. The molecule has 0 unspecified atom stereocenters. The summed E-state index contributed by atoms with van der Waals surface area (Å²) in [6, 6.07) is 10.2. The molecular weight excluding hydrogens is 322 g/mol. The fraction of sp³-hybridized carbons (Fsp3) is 0.474. The molecule has 0 spiro atoms. The van der Waals surface area contributed by atoms with Crippen LogP contribution in [0.5, 0.6) is 0 Å². The van der Waals surface area contributed by atoms with E-state index >= 15 is 0 Å². The van der Waals surface area contributed by atoms with E-state index in [4.69, 9.17) is 0 Å². The van der Waals surface area contributed by atoms with Crippen molar-refractivity contribution in [3.8, 4) is 0 Å². The Labute approximate surface area is 152 Å². The van der Waals surface area contributed by atoms with Crippen molar-refractivity contribution in [2.45, 2.75) is 32.6 Å². The largest absolute Gasteiger partial charge is 1.00 e. The number of unbranched alkanes of at least 4 members (excludes halogenated alkanes) is 2. The Morgan fingerprint density at radius 1 is 1.17 bits per heavy atom. The van der Waals surface area contributed by atoms with Crippen molar-refractivity contribution in [1.29, 1.82) is 0 Å². The molecule has 0 aromatic heterocycles. The fourth-order valence-electron chi connectivity index (χ4n) is 2.17. The van der Waals surface area contributed by atoms with E-state index in [0.29, 0.717) is 11.0 Å². The van der Waals surface area contributed by atoms with Crippen molar-refractivity contribution < 1.29 is 21.7 Å². The number of halogens is 1. The van der Waals surface area contributed by atoms with Crippen LogP contribution in [0.4, 0.5) is 0 Å². The second-order valence-corrected chi connectivity index (χ2v) is 6.83. The van der Waals surface area contributed by atoms with Crippen molar-refractivity contribution in [3.63, 3.8) is 0 Å². The lowest BCUT2D eigenvalue weighted by Crippen LogP contribution is -3.00. The molecule has 0 saturated carbocycles. The van der Waals surface area contributed by atoms with Crippen molar-refractivity contribution >= 4 is 18.2 Å². The summed E-state index contributed by atoms with van der Waals surface area (Å²) in [5.74, 6) is -0.0682. The zero-order valence-electron chi connectivity index (χ0n) is 15.3. The summed E-state index contributed by atoms with van der Waals surface area (Å²) in [6.07, 6.45) is 8.40. The van der Waals surface area contributed by atoms with Crippen LogP contribution in [0.3, 0.4) is 0 Å². The standard InChI is InChI=1S/C19H29N3O.ClH/c1-5-6-8-13-18(14-17-11-9-7-10-12-17)15-20-21-19(23)16-22(2,3)4;/h7,9-12,14-15H,5-6,8,13,16H2,1-4H3;1H/b18-14-,20-15+;. The molecule has 1 N–H and O–H groups in total. The molecule has 0 aliphatic carbocycles. The highest BCUT2D eigenvalue weighted by molar-refractivity contribution is 5.86. The van der Waals surface area contributed by atoms with Gasteiger partial charge in [-0.2, -0.15) is 5.10 Å². The smallest absolute Gasteiger partial charge is 0.295 e. The highest BCUT2D eigenvalue weighted by Crippen LogP contribution is 2.12. The predicted octanol–water partition coefficient (Wildman–Crippen LogP) is 0.463. The first-order chi connectivity index (χ1) is 10.9. The third-order valence-electron chi connectivity index (χ3n) is 3.26. The molecule has 0 saturated heterocycles. The lowest BCUT2D eigenvalue weighted by molar-refractivity contribution is -0.862. The number of benzene rings is 1. The Morgan fingerprint density at radius 2 is 1.83 bits per heavy atom. The Hall–Kier alpha value is -1.65. The summed E-state index contributed by atoms with van der Waals surface area (Å²) in [5.41, 5.74) is 4.91. The minimum absolute atomic E-state index is 0. The van der Waals surface area contributed by atoms with Crippen LogP contribution >= 0.6 is 0 Å². The molecule has 0 atom stereocenters. The van der Waals surface area contributed by atoms with E-state index in [1.807, 2.05) is 39.3 Å². The number of nitrogens with zero attached hydrogens (tertiary/aromatic N) is 2. The van der Waals surface area contributed by atoms with Crippen LogP contribution in [0.25, 0.3) is 6.08 Å². The van der Waals surface area contributed by atoms with Gasteiger partial charge < -0.3 is 16.9 Å². The number of hydrazone groups is 1. The zero-order chi connectivity index (χ0) is 17.1. The van der Waals surface area contributed by atoms with E-state index in [1.54, 1.807) is 6.21 Å². The molecule has 1 aromatic carbocycles. The van der Waals surface area contributed by atoms with Gasteiger partial charge in [0.25, 0.3) is 5.91 Å². The first-order valence-electron chi connectivity index (χ1n) is 8.28. The Morgan fingerprint density at radius 3 is 2.42 bits per heavy atom. The number of quaternary nitrogens is 1. The first kappa shape index (κ1) is 22.4. The third-order valence-corrected chi connectivity index (χ3v) is 3.26. The van der Waals surface area contributed by atoms with Gasteiger partial charge in [0.1, 0.15) is 0 Å². The zero-order valence-corrected chi connectivity index (χ0v) is 16.0. The maximum absolute atomic E-state index is 11.8. The molecule has 0 aliphatic rings. The summed E-state index contributed by atoms with van der Waals surface area (Å²) in [5, 5.41) is 4.13. The minimum Gasteiger partial charge on any atom is -1.00 e. The minimum atomic E-state index is -0.0682. The van der Waals surface area contributed by atoms with E-state index < -0.39 is 0 Å². The van der Waals surface area contributed by atoms with Gasteiger partial charge >= 0.3 is 0 Å². The van der Waals surface area contributed by atoms with Crippen LogP contribution in [0.1, 0.15) is 38.2 Å². The molecule has 0 bridgehead atoms. The van der Waals surface area contributed by atoms with Crippen LogP contribution in [-0.4, -0.2) is 44.3 Å². The second kappa shape index (κ2) is 11.8. The Bertz CT molecular complexity index is 533. The summed E-state index contributed by atoms with van der Waals surface area (Å²) in [7, 11) is 5.94. The van der Waals surface area contributed by atoms with Crippen LogP contribution < -0.4 is 17.8 Å². The summed E-state index contributed by atoms with van der Waals surface area (Å²) >= 11 is 0. The van der Waals surface area contributed by atoms with Gasteiger partial charge in [-0.25, -0.2) is 5.43 Å². The van der Waals surface area contributed by atoms with Crippen LogP contribution in [0, 0.1) is 0 Å². The average molecular weight is 352 g/mol. The van der Waals surface area contributed by atoms with Crippen molar-refractivity contribution in [2.24, 2.45) is 5.10 Å². The van der Waals surface area contributed by atoms with Gasteiger partial charge in [0.15, 0.2) is 6.54 Å². The number of carbonyl (C=O) groups is 1. The lowest BCUT2D eigenvalue weighted by atomic mass is 10.1. The molecule has 1 aromatic rings. The number of allylic oxidation sites excluding steroid dienone is 1. The maximum Gasteiger partial charge on any atom is 0.295 e. The highest BCUT2D eigenvalue weighted by atomic mass is 35.5. The van der Waals surface area contributed by atoms with Gasteiger partial charge in [-0.1, -0.05) is 56.2 Å². The number of nitrogens with one attached hydrogen (secondary N) is 1.